The van der Waals surface area contributed by atoms with E-state index in [1.54, 1.807) is 0 Å². The molecule has 0 saturated carbocycles. The first-order valence-electron chi connectivity index (χ1n) is 5.50. The minimum absolute atomic E-state index is 0.00287. The standard InChI is InChI=1S/C10H9Cl2N3O4S/c11-9-7(3-16)10(14-5-13-9)15-2-6(1-8(15)17)4-20(12,18)19/h3,5-6H,1-2,4H2. The van der Waals surface area contributed by atoms with Crippen molar-refractivity contribution in [3.8, 4) is 0 Å². The molecule has 1 unspecified atom stereocenters. The van der Waals surface area contributed by atoms with Crippen molar-refractivity contribution in [2.75, 3.05) is 17.2 Å². The number of rotatable bonds is 4. The molecule has 1 saturated heterocycles. The number of aromatic nitrogens is 2. The van der Waals surface area contributed by atoms with Crippen LogP contribution in [0.5, 0.6) is 0 Å². The van der Waals surface area contributed by atoms with E-state index in [9.17, 15) is 18.0 Å². The zero-order chi connectivity index (χ0) is 14.9. The Hall–Kier alpha value is -1.25. The van der Waals surface area contributed by atoms with E-state index in [0.717, 1.165) is 6.33 Å². The Bertz CT molecular complexity index is 664. The van der Waals surface area contributed by atoms with E-state index in [1.165, 1.54) is 4.90 Å². The van der Waals surface area contributed by atoms with Crippen LogP contribution >= 0.6 is 22.3 Å². The highest BCUT2D eigenvalue weighted by molar-refractivity contribution is 8.13. The molecule has 1 aliphatic rings. The molecule has 1 aliphatic heterocycles. The molecular formula is C10H9Cl2N3O4S. The second-order valence-corrected chi connectivity index (χ2v) is 7.48. The minimum atomic E-state index is -3.70. The molecule has 1 atom stereocenters. The van der Waals surface area contributed by atoms with Gasteiger partial charge in [-0.05, 0) is 0 Å². The van der Waals surface area contributed by atoms with E-state index in [1.807, 2.05) is 0 Å². The van der Waals surface area contributed by atoms with Crippen molar-refractivity contribution in [2.24, 2.45) is 5.92 Å². The molecular weight excluding hydrogens is 329 g/mol. The molecule has 2 heterocycles. The topological polar surface area (TPSA) is 97.3 Å². The number of nitrogens with zero attached hydrogens (tertiary/aromatic N) is 3. The molecule has 1 aromatic rings. The predicted octanol–water partition coefficient (Wildman–Crippen LogP) is 0.864. The highest BCUT2D eigenvalue weighted by Crippen LogP contribution is 2.29. The lowest BCUT2D eigenvalue weighted by atomic mass is 10.1. The minimum Gasteiger partial charge on any atom is -0.298 e. The summed E-state index contributed by atoms with van der Waals surface area (Å²) in [6.07, 6.45) is 1.60. The second-order valence-electron chi connectivity index (χ2n) is 4.30. The maximum Gasteiger partial charge on any atom is 0.232 e. The summed E-state index contributed by atoms with van der Waals surface area (Å²) in [4.78, 5) is 31.7. The number of carbonyl (C=O) groups excluding carboxylic acids is 2. The number of halogens is 2. The number of aldehydes is 1. The van der Waals surface area contributed by atoms with Gasteiger partial charge in [-0.1, -0.05) is 11.6 Å². The summed E-state index contributed by atoms with van der Waals surface area (Å²) in [5.74, 6) is -1.02. The van der Waals surface area contributed by atoms with E-state index in [-0.39, 0.29) is 41.2 Å². The molecule has 20 heavy (non-hydrogen) atoms. The molecule has 0 spiro atoms. The third-order valence-corrected chi connectivity index (χ3v) is 4.38. The summed E-state index contributed by atoms with van der Waals surface area (Å²) < 4.78 is 22.1. The van der Waals surface area contributed by atoms with Crippen LogP contribution in [0.3, 0.4) is 0 Å². The van der Waals surface area contributed by atoms with Crippen LogP contribution < -0.4 is 4.90 Å². The van der Waals surface area contributed by atoms with Crippen molar-refractivity contribution < 1.29 is 18.0 Å². The number of amides is 1. The van der Waals surface area contributed by atoms with Crippen molar-refractivity contribution in [1.29, 1.82) is 0 Å². The van der Waals surface area contributed by atoms with Crippen LogP contribution in [-0.2, 0) is 13.8 Å². The number of anilines is 1. The lowest BCUT2D eigenvalue weighted by molar-refractivity contribution is -0.117. The molecule has 1 aromatic heterocycles. The summed E-state index contributed by atoms with van der Waals surface area (Å²) in [7, 11) is 1.48. The molecule has 2 rings (SSSR count). The fraction of sp³-hybridized carbons (Fsp3) is 0.400. The fourth-order valence-electron chi connectivity index (χ4n) is 2.06. The van der Waals surface area contributed by atoms with E-state index >= 15 is 0 Å². The Morgan fingerprint density at radius 2 is 2.15 bits per heavy atom. The molecule has 108 valence electrons. The number of hydrogen-bond donors (Lipinski definition) is 0. The Morgan fingerprint density at radius 1 is 1.45 bits per heavy atom. The lowest BCUT2D eigenvalue weighted by Crippen LogP contribution is -2.27. The zero-order valence-electron chi connectivity index (χ0n) is 9.99. The van der Waals surface area contributed by atoms with Gasteiger partial charge < -0.3 is 0 Å². The van der Waals surface area contributed by atoms with Gasteiger partial charge in [0.15, 0.2) is 12.1 Å². The van der Waals surface area contributed by atoms with Gasteiger partial charge >= 0.3 is 0 Å². The smallest absolute Gasteiger partial charge is 0.232 e. The van der Waals surface area contributed by atoms with Gasteiger partial charge in [0.05, 0.1) is 11.3 Å². The quantitative estimate of drug-likeness (QED) is 0.459. The largest absolute Gasteiger partial charge is 0.298 e. The highest BCUT2D eigenvalue weighted by atomic mass is 35.7. The molecule has 0 radical (unpaired) electrons. The van der Waals surface area contributed by atoms with Crippen LogP contribution in [0.4, 0.5) is 5.82 Å². The van der Waals surface area contributed by atoms with Gasteiger partial charge in [-0.2, -0.15) is 0 Å². The van der Waals surface area contributed by atoms with Crippen molar-refractivity contribution in [3.05, 3.63) is 17.0 Å². The van der Waals surface area contributed by atoms with Crippen LogP contribution in [0.2, 0.25) is 5.15 Å². The SMILES string of the molecule is O=Cc1c(Cl)ncnc1N1CC(CS(=O)(=O)Cl)CC1=O. The number of hydrogen-bond acceptors (Lipinski definition) is 6. The maximum absolute atomic E-state index is 11.9. The third-order valence-electron chi connectivity index (χ3n) is 2.83. The monoisotopic (exact) mass is 337 g/mol. The first-order chi connectivity index (χ1) is 9.31. The van der Waals surface area contributed by atoms with Gasteiger partial charge in [0.2, 0.25) is 15.0 Å². The van der Waals surface area contributed by atoms with Crippen LogP contribution in [0.25, 0.3) is 0 Å². The Morgan fingerprint density at radius 3 is 2.75 bits per heavy atom. The lowest BCUT2D eigenvalue weighted by Gasteiger charge is -2.17. The average Bonchev–Trinajstić information content (AvgIpc) is 2.67. The first-order valence-corrected chi connectivity index (χ1v) is 8.36. The normalized spacial score (nSPS) is 19.4. The maximum atomic E-state index is 11.9. The van der Waals surface area contributed by atoms with Crippen molar-refractivity contribution >= 4 is 49.3 Å². The summed E-state index contributed by atoms with van der Waals surface area (Å²) in [5.41, 5.74) is -0.00287. The van der Waals surface area contributed by atoms with Gasteiger partial charge in [-0.15, -0.1) is 0 Å². The molecule has 7 nitrogen and oxygen atoms in total. The van der Waals surface area contributed by atoms with Crippen LogP contribution in [0, 0.1) is 5.92 Å². The van der Waals surface area contributed by atoms with Crippen LogP contribution in [0.1, 0.15) is 16.8 Å². The molecule has 10 heteroatoms. The molecule has 0 aromatic carbocycles. The third kappa shape index (κ3) is 3.25. The van der Waals surface area contributed by atoms with Gasteiger partial charge in [-0.25, -0.2) is 18.4 Å². The molecule has 0 bridgehead atoms. The molecule has 1 amide bonds. The van der Waals surface area contributed by atoms with Gasteiger partial charge in [-0.3, -0.25) is 14.5 Å². The van der Waals surface area contributed by atoms with E-state index in [4.69, 9.17) is 22.3 Å². The molecule has 0 aliphatic carbocycles. The predicted molar refractivity (Wildman–Crippen MR) is 72.5 cm³/mol. The Kier molecular flexibility index (Phi) is 4.26. The Labute approximate surface area is 124 Å². The van der Waals surface area contributed by atoms with Crippen molar-refractivity contribution in [2.45, 2.75) is 6.42 Å². The van der Waals surface area contributed by atoms with Gasteiger partial charge in [0.1, 0.15) is 11.5 Å². The van der Waals surface area contributed by atoms with Gasteiger partial charge in [0, 0.05) is 29.6 Å². The van der Waals surface area contributed by atoms with Crippen molar-refractivity contribution in [1.82, 2.24) is 9.97 Å². The van der Waals surface area contributed by atoms with Crippen molar-refractivity contribution in [3.63, 3.8) is 0 Å². The summed E-state index contributed by atoms with van der Waals surface area (Å²) >= 11 is 5.76. The summed E-state index contributed by atoms with van der Waals surface area (Å²) in [6, 6.07) is 0. The summed E-state index contributed by atoms with van der Waals surface area (Å²) in [6.45, 7) is 0.110. The van der Waals surface area contributed by atoms with Gasteiger partial charge in [0.25, 0.3) is 0 Å². The second kappa shape index (κ2) is 5.63. The van der Waals surface area contributed by atoms with E-state index in [2.05, 4.69) is 9.97 Å². The van der Waals surface area contributed by atoms with Crippen LogP contribution in [-0.4, -0.2) is 42.9 Å². The highest BCUT2D eigenvalue weighted by Gasteiger charge is 2.35. The molecule has 0 N–H and O–H groups in total. The zero-order valence-corrected chi connectivity index (χ0v) is 12.3. The van der Waals surface area contributed by atoms with Crippen LogP contribution in [0.15, 0.2) is 6.33 Å². The average molecular weight is 338 g/mol. The fourth-order valence-corrected chi connectivity index (χ4v) is 3.56. The number of carbonyl (C=O) groups is 2. The summed E-state index contributed by atoms with van der Waals surface area (Å²) in [5, 5.41) is -0.0637. The Balaban J connectivity index is 2.29. The first kappa shape index (κ1) is 15.1. The van der Waals surface area contributed by atoms with E-state index in [0.29, 0.717) is 6.29 Å². The molecule has 1 fully saturated rings. The van der Waals surface area contributed by atoms with E-state index < -0.39 is 15.0 Å².